The summed E-state index contributed by atoms with van der Waals surface area (Å²) in [6, 6.07) is 20.2. The molecule has 0 spiro atoms. The molecule has 4 heteroatoms. The Hall–Kier alpha value is -3.14. The summed E-state index contributed by atoms with van der Waals surface area (Å²) in [6.07, 6.45) is 0.711. The summed E-state index contributed by atoms with van der Waals surface area (Å²) in [5.41, 5.74) is 4.55. The number of hydrogen-bond acceptors (Lipinski definition) is 2. The van der Waals surface area contributed by atoms with Crippen LogP contribution in [-0.4, -0.2) is 15.9 Å². The van der Waals surface area contributed by atoms with Gasteiger partial charge in [0.2, 0.25) is 5.91 Å². The predicted octanol–water partition coefficient (Wildman–Crippen LogP) is 3.86. The standard InChI is InChI=1S/C21H21N3O/c1-15(2)21(25)22-14-19-18(13-16-9-5-3-6-10-16)23-20(24-19)17-11-7-4-8-12-17/h3-12H,1,13-14H2,2H3,(H,22,25)(H,23,24). The SMILES string of the molecule is C=C(C)C(=O)NCc1[nH]c(-c2ccccc2)nc1Cc1ccccc1. The number of nitrogens with one attached hydrogen (secondary N) is 2. The van der Waals surface area contributed by atoms with Crippen LogP contribution in [0.4, 0.5) is 0 Å². The first-order valence-electron chi connectivity index (χ1n) is 8.24. The lowest BCUT2D eigenvalue weighted by atomic mass is 10.1. The topological polar surface area (TPSA) is 57.8 Å². The number of carbonyl (C=O) groups is 1. The zero-order valence-electron chi connectivity index (χ0n) is 14.3. The lowest BCUT2D eigenvalue weighted by Gasteiger charge is -2.05. The second kappa shape index (κ2) is 7.62. The molecule has 0 fully saturated rings. The van der Waals surface area contributed by atoms with Crippen molar-refractivity contribution in [3.8, 4) is 11.4 Å². The minimum atomic E-state index is -0.151. The van der Waals surface area contributed by atoms with E-state index >= 15 is 0 Å². The molecule has 0 saturated carbocycles. The number of imidazole rings is 1. The van der Waals surface area contributed by atoms with Gasteiger partial charge in [-0.3, -0.25) is 4.79 Å². The van der Waals surface area contributed by atoms with E-state index in [1.807, 2.05) is 48.5 Å². The van der Waals surface area contributed by atoms with E-state index in [0.717, 1.165) is 22.8 Å². The predicted molar refractivity (Wildman–Crippen MR) is 99.9 cm³/mol. The van der Waals surface area contributed by atoms with Crippen molar-refractivity contribution in [1.29, 1.82) is 0 Å². The quantitative estimate of drug-likeness (QED) is 0.674. The summed E-state index contributed by atoms with van der Waals surface area (Å²) >= 11 is 0. The smallest absolute Gasteiger partial charge is 0.246 e. The van der Waals surface area contributed by atoms with E-state index in [-0.39, 0.29) is 5.91 Å². The third-order valence-corrected chi connectivity index (χ3v) is 3.94. The van der Waals surface area contributed by atoms with Crippen LogP contribution >= 0.6 is 0 Å². The minimum Gasteiger partial charge on any atom is -0.347 e. The first kappa shape index (κ1) is 16.7. The number of benzene rings is 2. The maximum atomic E-state index is 11.8. The fraction of sp³-hybridized carbons (Fsp3) is 0.143. The maximum absolute atomic E-state index is 11.8. The number of hydrogen-bond donors (Lipinski definition) is 2. The van der Waals surface area contributed by atoms with Crippen LogP contribution in [0.1, 0.15) is 23.9 Å². The molecule has 25 heavy (non-hydrogen) atoms. The fourth-order valence-corrected chi connectivity index (χ4v) is 2.58. The van der Waals surface area contributed by atoms with Gasteiger partial charge in [-0.25, -0.2) is 4.98 Å². The Morgan fingerprint density at radius 2 is 1.72 bits per heavy atom. The molecular weight excluding hydrogens is 310 g/mol. The molecular formula is C21H21N3O. The molecule has 4 nitrogen and oxygen atoms in total. The molecule has 2 aromatic carbocycles. The van der Waals surface area contributed by atoms with Gasteiger partial charge in [0.25, 0.3) is 0 Å². The number of rotatable bonds is 6. The van der Waals surface area contributed by atoms with Crippen LogP contribution in [0.3, 0.4) is 0 Å². The third kappa shape index (κ3) is 4.23. The van der Waals surface area contributed by atoms with Crippen molar-refractivity contribution >= 4 is 5.91 Å². The second-order valence-electron chi connectivity index (χ2n) is 6.00. The van der Waals surface area contributed by atoms with Gasteiger partial charge in [-0.05, 0) is 12.5 Å². The van der Waals surface area contributed by atoms with E-state index in [1.54, 1.807) is 6.92 Å². The van der Waals surface area contributed by atoms with Gasteiger partial charge in [-0.1, -0.05) is 67.2 Å². The summed E-state index contributed by atoms with van der Waals surface area (Å²) in [5, 5.41) is 2.88. The number of aromatic nitrogens is 2. The molecule has 0 aliphatic heterocycles. The van der Waals surface area contributed by atoms with Crippen molar-refractivity contribution in [2.24, 2.45) is 0 Å². The third-order valence-electron chi connectivity index (χ3n) is 3.94. The lowest BCUT2D eigenvalue weighted by Crippen LogP contribution is -2.23. The Morgan fingerprint density at radius 3 is 2.36 bits per heavy atom. The molecule has 0 bridgehead atoms. The Kier molecular flexibility index (Phi) is 5.09. The molecule has 0 atom stereocenters. The van der Waals surface area contributed by atoms with Crippen LogP contribution in [-0.2, 0) is 17.8 Å². The maximum Gasteiger partial charge on any atom is 0.246 e. The van der Waals surface area contributed by atoms with Gasteiger partial charge >= 0.3 is 0 Å². The normalized spacial score (nSPS) is 10.4. The summed E-state index contributed by atoms with van der Waals surface area (Å²) < 4.78 is 0. The van der Waals surface area contributed by atoms with E-state index in [9.17, 15) is 4.79 Å². The zero-order valence-corrected chi connectivity index (χ0v) is 14.3. The molecule has 0 radical (unpaired) electrons. The monoisotopic (exact) mass is 331 g/mol. The highest BCUT2D eigenvalue weighted by molar-refractivity contribution is 5.92. The molecule has 2 N–H and O–H groups in total. The zero-order chi connectivity index (χ0) is 17.6. The minimum absolute atomic E-state index is 0.151. The summed E-state index contributed by atoms with van der Waals surface area (Å²) in [7, 11) is 0. The van der Waals surface area contributed by atoms with Gasteiger partial charge in [0.1, 0.15) is 5.82 Å². The Bertz CT molecular complexity index is 867. The Labute approximate surface area is 147 Å². The lowest BCUT2D eigenvalue weighted by molar-refractivity contribution is -0.117. The molecule has 3 aromatic rings. The molecule has 126 valence electrons. The van der Waals surface area contributed by atoms with Gasteiger partial charge in [-0.15, -0.1) is 0 Å². The summed E-state index contributed by atoms with van der Waals surface area (Å²) in [4.78, 5) is 19.9. The van der Waals surface area contributed by atoms with Crippen LogP contribution in [0.5, 0.6) is 0 Å². The largest absolute Gasteiger partial charge is 0.347 e. The van der Waals surface area contributed by atoms with E-state index in [0.29, 0.717) is 18.5 Å². The molecule has 1 amide bonds. The Morgan fingerprint density at radius 1 is 1.08 bits per heavy atom. The van der Waals surface area contributed by atoms with Crippen LogP contribution in [0, 0.1) is 0 Å². The molecule has 0 aliphatic rings. The van der Waals surface area contributed by atoms with Gasteiger partial charge in [0, 0.05) is 17.6 Å². The molecule has 0 aliphatic carbocycles. The van der Waals surface area contributed by atoms with Crippen LogP contribution in [0.25, 0.3) is 11.4 Å². The van der Waals surface area contributed by atoms with E-state index in [4.69, 9.17) is 4.98 Å². The Balaban J connectivity index is 1.89. The van der Waals surface area contributed by atoms with Gasteiger partial charge in [0.05, 0.1) is 17.9 Å². The van der Waals surface area contributed by atoms with Crippen LogP contribution in [0.2, 0.25) is 0 Å². The van der Waals surface area contributed by atoms with Crippen molar-refractivity contribution in [2.45, 2.75) is 19.9 Å². The molecule has 1 heterocycles. The molecule has 0 saturated heterocycles. The van der Waals surface area contributed by atoms with Gasteiger partial charge in [-0.2, -0.15) is 0 Å². The highest BCUT2D eigenvalue weighted by atomic mass is 16.1. The average molecular weight is 331 g/mol. The van der Waals surface area contributed by atoms with Crippen molar-refractivity contribution < 1.29 is 4.79 Å². The average Bonchev–Trinajstić information content (AvgIpc) is 3.04. The van der Waals surface area contributed by atoms with E-state index in [1.165, 1.54) is 5.56 Å². The molecule has 1 aromatic heterocycles. The number of aromatic amines is 1. The highest BCUT2D eigenvalue weighted by Crippen LogP contribution is 2.20. The van der Waals surface area contributed by atoms with E-state index < -0.39 is 0 Å². The first-order chi connectivity index (χ1) is 12.1. The van der Waals surface area contributed by atoms with Crippen molar-refractivity contribution in [2.75, 3.05) is 0 Å². The van der Waals surface area contributed by atoms with Crippen LogP contribution < -0.4 is 5.32 Å². The van der Waals surface area contributed by atoms with Crippen molar-refractivity contribution in [3.63, 3.8) is 0 Å². The first-order valence-corrected chi connectivity index (χ1v) is 8.24. The van der Waals surface area contributed by atoms with Gasteiger partial charge < -0.3 is 10.3 Å². The molecule has 3 rings (SSSR count). The fourth-order valence-electron chi connectivity index (χ4n) is 2.58. The summed E-state index contributed by atoms with van der Waals surface area (Å²) in [5.74, 6) is 0.660. The van der Waals surface area contributed by atoms with Gasteiger partial charge in [0.15, 0.2) is 0 Å². The molecule has 0 unspecified atom stereocenters. The van der Waals surface area contributed by atoms with E-state index in [2.05, 4.69) is 29.0 Å². The van der Waals surface area contributed by atoms with Crippen molar-refractivity contribution in [3.05, 3.63) is 89.8 Å². The number of carbonyl (C=O) groups excluding carboxylic acids is 1. The van der Waals surface area contributed by atoms with Crippen molar-refractivity contribution in [1.82, 2.24) is 15.3 Å². The number of H-pyrrole nitrogens is 1. The number of amides is 1. The second-order valence-corrected chi connectivity index (χ2v) is 6.00. The van der Waals surface area contributed by atoms with Crippen LogP contribution in [0.15, 0.2) is 72.8 Å². The highest BCUT2D eigenvalue weighted by Gasteiger charge is 2.13. The number of nitrogens with zero attached hydrogens (tertiary/aromatic N) is 1. The summed E-state index contributed by atoms with van der Waals surface area (Å²) in [6.45, 7) is 5.77.